The quantitative estimate of drug-likeness (QED) is 0.432. The van der Waals surface area contributed by atoms with Crippen LogP contribution in [0.1, 0.15) is 34.1 Å². The fourth-order valence-corrected chi connectivity index (χ4v) is 4.16. The highest BCUT2D eigenvalue weighted by atomic mass is 28.4. The van der Waals surface area contributed by atoms with E-state index in [1.807, 2.05) is 27.3 Å². The zero-order valence-corrected chi connectivity index (χ0v) is 13.8. The van der Waals surface area contributed by atoms with Crippen molar-refractivity contribution < 1.29 is 22.8 Å². The number of rotatable bonds is 11. The Bertz CT molecular complexity index is 241. The van der Waals surface area contributed by atoms with Crippen molar-refractivity contribution in [3.05, 3.63) is 0 Å². The molecule has 1 heterocycles. The molecule has 0 aromatic rings. The van der Waals surface area contributed by atoms with Gasteiger partial charge in [-0.15, -0.1) is 0 Å². The van der Waals surface area contributed by atoms with E-state index >= 15 is 0 Å². The van der Waals surface area contributed by atoms with Crippen molar-refractivity contribution in [2.45, 2.75) is 59.0 Å². The molecule has 0 saturated carbocycles. The Hall–Kier alpha value is 0.0169. The number of hydrogen-bond donors (Lipinski definition) is 0. The Balaban J connectivity index is 2.54. The van der Waals surface area contributed by atoms with Crippen LogP contribution in [0.25, 0.3) is 0 Å². The summed E-state index contributed by atoms with van der Waals surface area (Å²) in [6.07, 6.45) is 1.02. The van der Waals surface area contributed by atoms with Crippen molar-refractivity contribution in [3.63, 3.8) is 0 Å². The van der Waals surface area contributed by atoms with Crippen LogP contribution in [0.5, 0.6) is 0 Å². The van der Waals surface area contributed by atoms with E-state index in [9.17, 15) is 0 Å². The van der Waals surface area contributed by atoms with Gasteiger partial charge >= 0.3 is 8.80 Å². The van der Waals surface area contributed by atoms with Crippen LogP contribution in [0, 0.1) is 0 Å². The Labute approximate surface area is 117 Å². The van der Waals surface area contributed by atoms with Crippen LogP contribution >= 0.6 is 0 Å². The molecule has 0 aromatic heterocycles. The third-order valence-electron chi connectivity index (χ3n) is 2.92. The molecule has 3 atom stereocenters. The summed E-state index contributed by atoms with van der Waals surface area (Å²) in [5.74, 6) is 0. The predicted octanol–water partition coefficient (Wildman–Crippen LogP) is 2.23. The zero-order valence-electron chi connectivity index (χ0n) is 12.8. The molecule has 0 aliphatic carbocycles. The summed E-state index contributed by atoms with van der Waals surface area (Å²) in [7, 11) is -2.57. The SMILES string of the molecule is CCCOC(C(C)O[Si](C)(OCC)OCC)C1CO1. The predicted molar refractivity (Wildman–Crippen MR) is 75.2 cm³/mol. The molecule has 5 nitrogen and oxygen atoms in total. The van der Waals surface area contributed by atoms with Crippen LogP contribution in [0.3, 0.4) is 0 Å². The minimum atomic E-state index is -2.57. The maximum Gasteiger partial charge on any atom is 0.497 e. The average molecular weight is 292 g/mol. The van der Waals surface area contributed by atoms with Crippen LogP contribution in [0.4, 0.5) is 0 Å². The minimum Gasteiger partial charge on any atom is -0.374 e. The van der Waals surface area contributed by atoms with Gasteiger partial charge in [0, 0.05) is 26.4 Å². The second kappa shape index (κ2) is 8.34. The smallest absolute Gasteiger partial charge is 0.374 e. The summed E-state index contributed by atoms with van der Waals surface area (Å²) < 4.78 is 28.6. The van der Waals surface area contributed by atoms with Crippen molar-refractivity contribution in [2.75, 3.05) is 26.4 Å². The first-order valence-electron chi connectivity index (χ1n) is 7.25. The first kappa shape index (κ1) is 17.1. The van der Waals surface area contributed by atoms with Gasteiger partial charge in [0.2, 0.25) is 0 Å². The summed E-state index contributed by atoms with van der Waals surface area (Å²) in [5.41, 5.74) is 0. The molecule has 1 aliphatic rings. The van der Waals surface area contributed by atoms with Gasteiger partial charge in [0.1, 0.15) is 12.2 Å². The zero-order chi connectivity index (χ0) is 14.3. The molecule has 114 valence electrons. The average Bonchev–Trinajstić information content (AvgIpc) is 3.14. The van der Waals surface area contributed by atoms with Gasteiger partial charge in [-0.3, -0.25) is 0 Å². The van der Waals surface area contributed by atoms with Gasteiger partial charge in [0.15, 0.2) is 0 Å². The van der Waals surface area contributed by atoms with E-state index in [0.29, 0.717) is 13.2 Å². The normalized spacial score (nSPS) is 22.3. The van der Waals surface area contributed by atoms with E-state index < -0.39 is 8.80 Å². The van der Waals surface area contributed by atoms with E-state index in [4.69, 9.17) is 22.8 Å². The van der Waals surface area contributed by atoms with Crippen LogP contribution in [-0.2, 0) is 22.8 Å². The molecule has 1 fully saturated rings. The third kappa shape index (κ3) is 5.89. The van der Waals surface area contributed by atoms with Gasteiger partial charge in [-0.05, 0) is 27.2 Å². The maximum atomic E-state index is 6.07. The molecule has 0 aromatic carbocycles. The second-order valence-corrected chi connectivity index (χ2v) is 7.30. The van der Waals surface area contributed by atoms with Crippen molar-refractivity contribution in [3.8, 4) is 0 Å². The molecule has 0 amide bonds. The van der Waals surface area contributed by atoms with Gasteiger partial charge < -0.3 is 22.8 Å². The lowest BCUT2D eigenvalue weighted by Crippen LogP contribution is -2.49. The summed E-state index contributed by atoms with van der Waals surface area (Å²) in [4.78, 5) is 0. The molecule has 0 spiro atoms. The summed E-state index contributed by atoms with van der Waals surface area (Å²) in [6, 6.07) is 0. The first-order valence-corrected chi connectivity index (χ1v) is 9.47. The highest BCUT2D eigenvalue weighted by molar-refractivity contribution is 6.59. The Morgan fingerprint density at radius 1 is 1.21 bits per heavy atom. The highest BCUT2D eigenvalue weighted by Gasteiger charge is 2.43. The molecular formula is C13H28O5Si. The largest absolute Gasteiger partial charge is 0.497 e. The fourth-order valence-electron chi connectivity index (χ4n) is 2.08. The molecule has 1 saturated heterocycles. The molecule has 0 N–H and O–H groups in total. The van der Waals surface area contributed by atoms with Crippen molar-refractivity contribution in [1.29, 1.82) is 0 Å². The van der Waals surface area contributed by atoms with Crippen molar-refractivity contribution >= 4 is 8.80 Å². The minimum absolute atomic E-state index is 0.0345. The van der Waals surface area contributed by atoms with E-state index in [0.717, 1.165) is 19.6 Å². The third-order valence-corrected chi connectivity index (χ3v) is 5.34. The van der Waals surface area contributed by atoms with E-state index in [-0.39, 0.29) is 18.3 Å². The summed E-state index contributed by atoms with van der Waals surface area (Å²) in [6.45, 7) is 12.6. The Morgan fingerprint density at radius 2 is 1.79 bits per heavy atom. The fraction of sp³-hybridized carbons (Fsp3) is 1.00. The molecule has 6 heteroatoms. The standard InChI is InChI=1S/C13H28O5Si/c1-6-9-14-13(12-10-15-12)11(4)18-19(5,16-7-2)17-8-3/h11-13H,6-10H2,1-5H3. The monoisotopic (exact) mass is 292 g/mol. The van der Waals surface area contributed by atoms with Gasteiger partial charge in [0.05, 0.1) is 12.7 Å². The van der Waals surface area contributed by atoms with E-state index in [1.165, 1.54) is 0 Å². The molecule has 1 aliphatic heterocycles. The first-order chi connectivity index (χ1) is 9.06. The van der Waals surface area contributed by atoms with Crippen LogP contribution in [-0.4, -0.2) is 53.5 Å². The molecule has 19 heavy (non-hydrogen) atoms. The lowest BCUT2D eigenvalue weighted by atomic mass is 10.2. The topological polar surface area (TPSA) is 49.5 Å². The number of epoxide rings is 1. The lowest BCUT2D eigenvalue weighted by molar-refractivity contribution is -0.0616. The Morgan fingerprint density at radius 3 is 2.21 bits per heavy atom. The van der Waals surface area contributed by atoms with Crippen molar-refractivity contribution in [2.24, 2.45) is 0 Å². The van der Waals surface area contributed by atoms with Crippen LogP contribution in [0.2, 0.25) is 6.55 Å². The molecule has 1 rings (SSSR count). The molecule has 0 radical (unpaired) electrons. The van der Waals surface area contributed by atoms with Gasteiger partial charge in [-0.25, -0.2) is 0 Å². The summed E-state index contributed by atoms with van der Waals surface area (Å²) in [5, 5.41) is 0. The second-order valence-electron chi connectivity index (χ2n) is 4.76. The Kier molecular flexibility index (Phi) is 7.49. The van der Waals surface area contributed by atoms with Gasteiger partial charge in [-0.2, -0.15) is 0 Å². The van der Waals surface area contributed by atoms with E-state index in [2.05, 4.69) is 6.92 Å². The molecular weight excluding hydrogens is 264 g/mol. The van der Waals surface area contributed by atoms with Crippen LogP contribution in [0.15, 0.2) is 0 Å². The number of ether oxygens (including phenoxy) is 2. The van der Waals surface area contributed by atoms with Gasteiger partial charge in [0.25, 0.3) is 0 Å². The maximum absolute atomic E-state index is 6.07. The summed E-state index contributed by atoms with van der Waals surface area (Å²) >= 11 is 0. The van der Waals surface area contributed by atoms with E-state index in [1.54, 1.807) is 0 Å². The van der Waals surface area contributed by atoms with Gasteiger partial charge in [-0.1, -0.05) is 6.92 Å². The molecule has 3 unspecified atom stereocenters. The highest BCUT2D eigenvalue weighted by Crippen LogP contribution is 2.24. The van der Waals surface area contributed by atoms with Crippen molar-refractivity contribution in [1.82, 2.24) is 0 Å². The van der Waals surface area contributed by atoms with Crippen LogP contribution < -0.4 is 0 Å². The number of hydrogen-bond acceptors (Lipinski definition) is 5. The lowest BCUT2D eigenvalue weighted by Gasteiger charge is -2.32. The molecule has 0 bridgehead atoms.